The fourth-order valence-electron chi connectivity index (χ4n) is 3.40. The first-order chi connectivity index (χ1) is 16.6. The van der Waals surface area contributed by atoms with E-state index in [1.807, 2.05) is 12.1 Å². The molecule has 0 saturated carbocycles. The maximum atomic E-state index is 12.4. The highest BCUT2D eigenvalue weighted by Crippen LogP contribution is 2.23. The molecule has 1 aliphatic carbocycles. The number of pyridine rings is 2. The second kappa shape index (κ2) is 10.9. The van der Waals surface area contributed by atoms with Gasteiger partial charge in [0.25, 0.3) is 0 Å². The molecule has 35 heavy (non-hydrogen) atoms. The van der Waals surface area contributed by atoms with Crippen LogP contribution in [-0.4, -0.2) is 51.4 Å². The molecule has 3 heterocycles. The minimum Gasteiger partial charge on any atom is -0.463 e. The largest absolute Gasteiger partial charge is 0.463 e. The third kappa shape index (κ3) is 6.32. The van der Waals surface area contributed by atoms with Crippen molar-refractivity contribution in [2.45, 2.75) is 46.6 Å². The van der Waals surface area contributed by atoms with Crippen molar-refractivity contribution >= 4 is 35.1 Å². The summed E-state index contributed by atoms with van der Waals surface area (Å²) in [5, 5.41) is 0. The molecule has 0 spiro atoms. The lowest BCUT2D eigenvalue weighted by Gasteiger charge is -2.20. The van der Waals surface area contributed by atoms with Crippen LogP contribution in [0.5, 0.6) is 0 Å². The molecule has 1 aliphatic rings. The van der Waals surface area contributed by atoms with Gasteiger partial charge in [0, 0.05) is 24.4 Å². The zero-order valence-corrected chi connectivity index (χ0v) is 20.5. The molecule has 0 aliphatic heterocycles. The maximum Gasteiger partial charge on any atom is 0.419 e. The summed E-state index contributed by atoms with van der Waals surface area (Å²) in [5.41, 5.74) is 3.16. The molecule has 3 aromatic rings. The fourth-order valence-corrected chi connectivity index (χ4v) is 3.40. The van der Waals surface area contributed by atoms with Gasteiger partial charge in [-0.15, -0.1) is 0 Å². The van der Waals surface area contributed by atoms with Crippen LogP contribution in [0.1, 0.15) is 56.4 Å². The number of carbonyl (C=O) groups is 3. The molecule has 0 bridgehead atoms. The van der Waals surface area contributed by atoms with Gasteiger partial charge in [0.1, 0.15) is 11.3 Å². The molecule has 9 heteroatoms. The second-order valence-corrected chi connectivity index (χ2v) is 8.59. The van der Waals surface area contributed by atoms with Gasteiger partial charge in [-0.05, 0) is 70.5 Å². The zero-order valence-electron chi connectivity index (χ0n) is 20.5. The van der Waals surface area contributed by atoms with Gasteiger partial charge in [-0.25, -0.2) is 19.0 Å². The highest BCUT2D eigenvalue weighted by Gasteiger charge is 2.26. The van der Waals surface area contributed by atoms with Crippen LogP contribution in [0.2, 0.25) is 0 Å². The molecule has 0 fully saturated rings. The zero-order chi connectivity index (χ0) is 25.6. The average Bonchev–Trinajstić information content (AvgIpc) is 3.41. The normalized spacial score (nSPS) is 12.2. The Labute approximate surface area is 203 Å². The molecule has 0 radical (unpaired) electrons. The predicted octanol–water partition coefficient (Wildman–Crippen LogP) is 4.58. The monoisotopic (exact) mass is 479 g/mol. The molecule has 3 aromatic heterocycles. The Morgan fingerprint density at radius 1 is 0.971 bits per heavy atom. The number of carbonyl (C=O) groups excluding carboxylic acids is 3. The van der Waals surface area contributed by atoms with E-state index < -0.39 is 17.7 Å². The molecular formula is C26H29N3O6. The number of nitrogens with zero attached hydrogens (tertiary/aromatic N) is 3. The van der Waals surface area contributed by atoms with Crippen molar-refractivity contribution in [2.75, 3.05) is 13.2 Å². The van der Waals surface area contributed by atoms with Crippen LogP contribution in [0.25, 0.3) is 17.1 Å². The van der Waals surface area contributed by atoms with Gasteiger partial charge in [0.15, 0.2) is 0 Å². The first-order valence-electron chi connectivity index (χ1n) is 11.3. The van der Waals surface area contributed by atoms with E-state index in [1.165, 1.54) is 10.6 Å². The van der Waals surface area contributed by atoms with Crippen molar-refractivity contribution < 1.29 is 28.6 Å². The van der Waals surface area contributed by atoms with Crippen LogP contribution in [0.15, 0.2) is 48.3 Å². The molecular weight excluding hydrogens is 450 g/mol. The summed E-state index contributed by atoms with van der Waals surface area (Å²) in [6, 6.07) is 8.77. The molecule has 0 saturated heterocycles. The number of fused-ring (bicyclic) bond motifs is 2. The van der Waals surface area contributed by atoms with E-state index in [1.54, 1.807) is 65.2 Å². The Hall–Kier alpha value is -4.01. The lowest BCUT2D eigenvalue weighted by molar-refractivity contribution is -0.138. The highest BCUT2D eigenvalue weighted by molar-refractivity contribution is 6.00. The summed E-state index contributed by atoms with van der Waals surface area (Å²) in [7, 11) is 0. The van der Waals surface area contributed by atoms with Gasteiger partial charge in [0.05, 0.1) is 29.9 Å². The van der Waals surface area contributed by atoms with Gasteiger partial charge in [-0.2, -0.15) is 0 Å². The smallest absolute Gasteiger partial charge is 0.419 e. The number of esters is 2. The third-order valence-corrected chi connectivity index (χ3v) is 4.79. The molecule has 0 N–H and O–H groups in total. The van der Waals surface area contributed by atoms with E-state index >= 15 is 0 Å². The number of rotatable bonds is 4. The Kier molecular flexibility index (Phi) is 8.01. The predicted molar refractivity (Wildman–Crippen MR) is 130 cm³/mol. The van der Waals surface area contributed by atoms with E-state index in [2.05, 4.69) is 9.97 Å². The lowest BCUT2D eigenvalue weighted by atomic mass is 10.2. The van der Waals surface area contributed by atoms with Gasteiger partial charge < -0.3 is 14.2 Å². The number of hydrogen-bond acceptors (Lipinski definition) is 8. The van der Waals surface area contributed by atoms with Crippen LogP contribution in [0.3, 0.4) is 0 Å². The van der Waals surface area contributed by atoms with Crippen molar-refractivity contribution in [1.82, 2.24) is 14.5 Å². The molecule has 184 valence electrons. The maximum absolute atomic E-state index is 12.4. The van der Waals surface area contributed by atoms with Gasteiger partial charge in [0.2, 0.25) is 0 Å². The van der Waals surface area contributed by atoms with E-state index in [4.69, 9.17) is 14.2 Å². The minimum atomic E-state index is -0.665. The molecule has 0 atom stereocenters. The summed E-state index contributed by atoms with van der Waals surface area (Å²) in [6.45, 7) is 9.44. The summed E-state index contributed by atoms with van der Waals surface area (Å²) in [4.78, 5) is 44.1. The van der Waals surface area contributed by atoms with Gasteiger partial charge >= 0.3 is 18.0 Å². The first-order valence-corrected chi connectivity index (χ1v) is 11.3. The molecule has 0 unspecified atom stereocenters. The number of hydrogen-bond donors (Lipinski definition) is 0. The summed E-state index contributed by atoms with van der Waals surface area (Å²) in [5.74, 6) is -0.813. The topological polar surface area (TPSA) is 110 Å². The Balaban J connectivity index is 0.000000211. The lowest BCUT2D eigenvalue weighted by Crippen LogP contribution is -2.29. The van der Waals surface area contributed by atoms with Crippen molar-refractivity contribution in [3.05, 3.63) is 65.2 Å². The highest BCUT2D eigenvalue weighted by atomic mass is 16.6. The summed E-state index contributed by atoms with van der Waals surface area (Å²) in [6.07, 6.45) is 5.13. The van der Waals surface area contributed by atoms with Gasteiger partial charge in [-0.3, -0.25) is 9.97 Å². The summed E-state index contributed by atoms with van der Waals surface area (Å²) >= 11 is 0. The summed E-state index contributed by atoms with van der Waals surface area (Å²) < 4.78 is 16.5. The standard InChI is InChI=1S/C15H18N2O4.C11H11NO2/c1-5-20-13(18)12-9-10-11(7-6-8-16-10)17(12)14(19)21-15(2,3)4;1-2-14-11(13)9-6-8-4-3-5-12-10(8)7-9/h6-9H,5H2,1-4H3;3-5,7H,2,6H2,1H3. The average molecular weight is 480 g/mol. The Morgan fingerprint density at radius 3 is 2.29 bits per heavy atom. The Bertz CT molecular complexity index is 1270. The van der Waals surface area contributed by atoms with Gasteiger partial charge in [-0.1, -0.05) is 6.07 Å². The molecule has 0 amide bonds. The van der Waals surface area contributed by atoms with E-state index in [9.17, 15) is 14.4 Å². The quantitative estimate of drug-likeness (QED) is 0.395. The second-order valence-electron chi connectivity index (χ2n) is 8.59. The van der Waals surface area contributed by atoms with Crippen LogP contribution in [0.4, 0.5) is 4.79 Å². The molecule has 4 rings (SSSR count). The Morgan fingerprint density at radius 2 is 1.63 bits per heavy atom. The van der Waals surface area contributed by atoms with Crippen LogP contribution < -0.4 is 0 Å². The van der Waals surface area contributed by atoms with Crippen molar-refractivity contribution in [3.63, 3.8) is 0 Å². The first kappa shape index (κ1) is 25.6. The SMILES string of the molecule is CCOC(=O)C1=Cc2ncccc2C1.CCOC(=O)c1cc2ncccc2n1C(=O)OC(C)(C)C. The van der Waals surface area contributed by atoms with E-state index in [0.29, 0.717) is 29.6 Å². The molecule has 0 aromatic carbocycles. The minimum absolute atomic E-state index is 0.111. The van der Waals surface area contributed by atoms with Crippen molar-refractivity contribution in [3.8, 4) is 0 Å². The number of ether oxygens (including phenoxy) is 3. The third-order valence-electron chi connectivity index (χ3n) is 4.79. The molecule has 9 nitrogen and oxygen atoms in total. The van der Waals surface area contributed by atoms with Crippen LogP contribution >= 0.6 is 0 Å². The van der Waals surface area contributed by atoms with Crippen LogP contribution in [-0.2, 0) is 25.4 Å². The van der Waals surface area contributed by atoms with E-state index in [-0.39, 0.29) is 18.3 Å². The fraction of sp³-hybridized carbons (Fsp3) is 0.346. The number of aromatic nitrogens is 3. The van der Waals surface area contributed by atoms with Crippen molar-refractivity contribution in [2.24, 2.45) is 0 Å². The van der Waals surface area contributed by atoms with E-state index in [0.717, 1.165) is 11.3 Å². The van der Waals surface area contributed by atoms with Crippen LogP contribution in [0, 0.1) is 0 Å². The van der Waals surface area contributed by atoms with Crippen molar-refractivity contribution in [1.29, 1.82) is 0 Å².